The molecule has 8 heteroatoms. The molecule has 2 aromatic rings. The second-order valence-corrected chi connectivity index (χ2v) is 5.89. The summed E-state index contributed by atoms with van der Waals surface area (Å²) in [7, 11) is 3.08. The van der Waals surface area contributed by atoms with Crippen molar-refractivity contribution in [2.24, 2.45) is 0 Å². The largest absolute Gasteiger partial charge is 0.493 e. The maximum absolute atomic E-state index is 12.2. The molecule has 1 fully saturated rings. The summed E-state index contributed by atoms with van der Waals surface area (Å²) in [6.45, 7) is 2.27. The van der Waals surface area contributed by atoms with Crippen molar-refractivity contribution in [2.45, 2.75) is 19.4 Å². The number of nitrogens with one attached hydrogen (secondary N) is 2. The Morgan fingerprint density at radius 1 is 1.19 bits per heavy atom. The van der Waals surface area contributed by atoms with E-state index in [1.54, 1.807) is 37.6 Å². The van der Waals surface area contributed by atoms with Crippen LogP contribution in [0, 0.1) is 0 Å². The maximum Gasteiger partial charge on any atom is 0.319 e. The minimum Gasteiger partial charge on any atom is -0.493 e. The fourth-order valence-corrected chi connectivity index (χ4v) is 2.88. The lowest BCUT2D eigenvalue weighted by atomic mass is 10.2. The number of hydrogen-bond acceptors (Lipinski definition) is 6. The van der Waals surface area contributed by atoms with Gasteiger partial charge in [0.25, 0.3) is 0 Å². The summed E-state index contributed by atoms with van der Waals surface area (Å²) in [6, 6.07) is 6.74. The molecule has 0 radical (unpaired) electrons. The number of para-hydroxylation sites is 1. The molecule has 138 valence electrons. The fourth-order valence-electron chi connectivity index (χ4n) is 2.88. The highest BCUT2D eigenvalue weighted by Crippen LogP contribution is 2.34. The molecule has 8 nitrogen and oxygen atoms in total. The second kappa shape index (κ2) is 8.37. The maximum atomic E-state index is 12.2. The van der Waals surface area contributed by atoms with Crippen LogP contribution in [0.25, 0.3) is 0 Å². The first-order valence-electron chi connectivity index (χ1n) is 8.54. The molecule has 0 unspecified atom stereocenters. The summed E-state index contributed by atoms with van der Waals surface area (Å²) in [6.07, 6.45) is 4.05. The van der Waals surface area contributed by atoms with Crippen LogP contribution in [0.2, 0.25) is 0 Å². The van der Waals surface area contributed by atoms with E-state index in [0.717, 1.165) is 37.6 Å². The summed E-state index contributed by atoms with van der Waals surface area (Å²) in [5.41, 5.74) is 1.29. The first-order valence-corrected chi connectivity index (χ1v) is 8.54. The fraction of sp³-hybridized carbons (Fsp3) is 0.389. The van der Waals surface area contributed by atoms with Crippen LogP contribution in [0.15, 0.2) is 30.5 Å². The SMILES string of the molecule is COc1cccc(NC(=O)NCc2ccnc(N3CCCC3)n2)c1OC. The molecule has 0 aliphatic carbocycles. The molecule has 0 saturated carbocycles. The van der Waals surface area contributed by atoms with Crippen molar-refractivity contribution in [3.8, 4) is 11.5 Å². The van der Waals surface area contributed by atoms with E-state index in [-0.39, 0.29) is 6.03 Å². The number of carbonyl (C=O) groups is 1. The second-order valence-electron chi connectivity index (χ2n) is 5.89. The molecule has 2 N–H and O–H groups in total. The Labute approximate surface area is 152 Å². The monoisotopic (exact) mass is 357 g/mol. The lowest BCUT2D eigenvalue weighted by Gasteiger charge is -2.16. The molecular weight excluding hydrogens is 334 g/mol. The van der Waals surface area contributed by atoms with Gasteiger partial charge in [0.05, 0.1) is 32.1 Å². The van der Waals surface area contributed by atoms with Gasteiger partial charge in [0.1, 0.15) is 0 Å². The molecule has 1 aromatic carbocycles. The first-order chi connectivity index (χ1) is 12.7. The summed E-state index contributed by atoms with van der Waals surface area (Å²) in [4.78, 5) is 23.2. The third kappa shape index (κ3) is 4.14. The van der Waals surface area contributed by atoms with Gasteiger partial charge in [-0.3, -0.25) is 0 Å². The molecule has 0 spiro atoms. The van der Waals surface area contributed by atoms with Gasteiger partial charge in [-0.05, 0) is 31.0 Å². The van der Waals surface area contributed by atoms with Crippen LogP contribution in [-0.4, -0.2) is 43.3 Å². The minimum absolute atomic E-state index is 0.307. The van der Waals surface area contributed by atoms with E-state index in [0.29, 0.717) is 23.7 Å². The van der Waals surface area contributed by atoms with Crippen LogP contribution in [0.3, 0.4) is 0 Å². The minimum atomic E-state index is -0.349. The van der Waals surface area contributed by atoms with Gasteiger partial charge in [0.15, 0.2) is 11.5 Å². The topological polar surface area (TPSA) is 88.6 Å². The highest BCUT2D eigenvalue weighted by molar-refractivity contribution is 5.91. The van der Waals surface area contributed by atoms with Crippen molar-refractivity contribution in [3.63, 3.8) is 0 Å². The van der Waals surface area contributed by atoms with E-state index in [4.69, 9.17) is 9.47 Å². The van der Waals surface area contributed by atoms with Crippen molar-refractivity contribution in [2.75, 3.05) is 37.5 Å². The van der Waals surface area contributed by atoms with Crippen LogP contribution in [0.5, 0.6) is 11.5 Å². The van der Waals surface area contributed by atoms with Crippen molar-refractivity contribution in [1.29, 1.82) is 0 Å². The standard InChI is InChI=1S/C18H23N5O3/c1-25-15-7-5-6-14(16(15)26-2)22-18(24)20-12-13-8-9-19-17(21-13)23-10-3-4-11-23/h5-9H,3-4,10-12H2,1-2H3,(H2,20,22,24). The van der Waals surface area contributed by atoms with Gasteiger partial charge in [-0.15, -0.1) is 0 Å². The number of rotatable bonds is 6. The number of anilines is 2. The highest BCUT2D eigenvalue weighted by Gasteiger charge is 2.15. The van der Waals surface area contributed by atoms with Gasteiger partial charge >= 0.3 is 6.03 Å². The normalized spacial score (nSPS) is 13.4. The number of urea groups is 1. The first kappa shape index (κ1) is 17.8. The van der Waals surface area contributed by atoms with E-state index in [2.05, 4.69) is 25.5 Å². The number of methoxy groups -OCH3 is 2. The van der Waals surface area contributed by atoms with Gasteiger partial charge < -0.3 is 25.0 Å². The molecular formula is C18H23N5O3. The Kier molecular flexibility index (Phi) is 5.73. The van der Waals surface area contributed by atoms with Gasteiger partial charge in [0.2, 0.25) is 5.95 Å². The summed E-state index contributed by atoms with van der Waals surface area (Å²) in [5, 5.41) is 5.57. The zero-order chi connectivity index (χ0) is 18.4. The zero-order valence-corrected chi connectivity index (χ0v) is 15.0. The van der Waals surface area contributed by atoms with Crippen molar-refractivity contribution < 1.29 is 14.3 Å². The van der Waals surface area contributed by atoms with Crippen LogP contribution < -0.4 is 25.0 Å². The third-order valence-corrected chi connectivity index (χ3v) is 4.17. The molecule has 2 heterocycles. The lowest BCUT2D eigenvalue weighted by molar-refractivity contribution is 0.251. The van der Waals surface area contributed by atoms with E-state index < -0.39 is 0 Å². The van der Waals surface area contributed by atoms with E-state index in [9.17, 15) is 4.79 Å². The van der Waals surface area contributed by atoms with Crippen molar-refractivity contribution >= 4 is 17.7 Å². The Hall–Kier alpha value is -3.03. The Bertz CT molecular complexity index is 762. The van der Waals surface area contributed by atoms with Crippen molar-refractivity contribution in [1.82, 2.24) is 15.3 Å². The number of nitrogens with zero attached hydrogens (tertiary/aromatic N) is 3. The Morgan fingerprint density at radius 2 is 2.00 bits per heavy atom. The number of ether oxygens (including phenoxy) is 2. The van der Waals surface area contributed by atoms with Crippen LogP contribution in [-0.2, 0) is 6.54 Å². The predicted octanol–water partition coefficient (Wildman–Crippen LogP) is 2.42. The molecule has 2 amide bonds. The molecule has 1 aliphatic heterocycles. The molecule has 1 saturated heterocycles. The number of carbonyl (C=O) groups excluding carboxylic acids is 1. The van der Waals surface area contributed by atoms with Crippen LogP contribution in [0.4, 0.5) is 16.4 Å². The van der Waals surface area contributed by atoms with Gasteiger partial charge in [0, 0.05) is 19.3 Å². The quantitative estimate of drug-likeness (QED) is 0.825. The lowest BCUT2D eigenvalue weighted by Crippen LogP contribution is -2.29. The number of amides is 2. The number of hydrogen-bond donors (Lipinski definition) is 2. The zero-order valence-electron chi connectivity index (χ0n) is 15.0. The van der Waals surface area contributed by atoms with Crippen LogP contribution in [0.1, 0.15) is 18.5 Å². The van der Waals surface area contributed by atoms with Gasteiger partial charge in [-0.1, -0.05) is 6.07 Å². The Morgan fingerprint density at radius 3 is 2.73 bits per heavy atom. The molecule has 1 aliphatic rings. The van der Waals surface area contributed by atoms with Crippen LogP contribution >= 0.6 is 0 Å². The average Bonchev–Trinajstić information content (AvgIpc) is 3.21. The average molecular weight is 357 g/mol. The van der Waals surface area contributed by atoms with E-state index in [1.165, 1.54) is 7.11 Å². The predicted molar refractivity (Wildman–Crippen MR) is 98.9 cm³/mol. The number of aromatic nitrogens is 2. The summed E-state index contributed by atoms with van der Waals surface area (Å²) in [5.74, 6) is 1.75. The van der Waals surface area contributed by atoms with E-state index in [1.807, 2.05) is 0 Å². The molecule has 26 heavy (non-hydrogen) atoms. The van der Waals surface area contributed by atoms with Gasteiger partial charge in [-0.2, -0.15) is 0 Å². The molecule has 3 rings (SSSR count). The Balaban J connectivity index is 1.60. The highest BCUT2D eigenvalue weighted by atomic mass is 16.5. The third-order valence-electron chi connectivity index (χ3n) is 4.17. The summed E-state index contributed by atoms with van der Waals surface area (Å²) >= 11 is 0. The molecule has 0 atom stereocenters. The molecule has 0 bridgehead atoms. The van der Waals surface area contributed by atoms with Gasteiger partial charge in [-0.25, -0.2) is 14.8 Å². The number of benzene rings is 1. The van der Waals surface area contributed by atoms with Crippen molar-refractivity contribution in [3.05, 3.63) is 36.2 Å². The smallest absolute Gasteiger partial charge is 0.319 e. The molecule has 1 aromatic heterocycles. The van der Waals surface area contributed by atoms with E-state index >= 15 is 0 Å². The summed E-state index contributed by atoms with van der Waals surface area (Å²) < 4.78 is 10.5.